The summed E-state index contributed by atoms with van der Waals surface area (Å²) in [4.78, 5) is 0. The summed E-state index contributed by atoms with van der Waals surface area (Å²) in [5.74, 6) is 0. The topological polar surface area (TPSA) is 20.2 Å². The molecule has 0 amide bonds. The van der Waals surface area contributed by atoms with Gasteiger partial charge in [0, 0.05) is 0 Å². The van der Waals surface area contributed by atoms with E-state index in [-0.39, 0.29) is 23.7 Å². The van der Waals surface area contributed by atoms with Gasteiger partial charge in [0.15, 0.2) is 0 Å². The van der Waals surface area contributed by atoms with E-state index < -0.39 is 0 Å². The Hall–Kier alpha value is 0.439. The number of hydrogen-bond acceptors (Lipinski definition) is 1. The summed E-state index contributed by atoms with van der Waals surface area (Å²) >= 11 is 0. The summed E-state index contributed by atoms with van der Waals surface area (Å²) in [6.45, 7) is 1.11. The van der Waals surface area contributed by atoms with Crippen molar-refractivity contribution < 1.29 is 9.59 Å². The summed E-state index contributed by atoms with van der Waals surface area (Å²) in [5, 5.41) is 8.39. The van der Waals surface area contributed by atoms with E-state index in [9.17, 15) is 0 Å². The molecule has 0 bridgehead atoms. The molecule has 0 aromatic rings. The molecule has 8 heavy (non-hydrogen) atoms. The maximum absolute atomic E-state index is 8.39. The van der Waals surface area contributed by atoms with Crippen LogP contribution in [0.1, 0.15) is 0 Å². The van der Waals surface area contributed by atoms with Crippen LogP contribution in [0.4, 0.5) is 0 Å². The Morgan fingerprint density at radius 2 is 1.62 bits per heavy atom. The molecule has 48 valence electrons. The maximum atomic E-state index is 8.39. The molecule has 0 aliphatic heterocycles. The van der Waals surface area contributed by atoms with Crippen LogP contribution in [0.2, 0.25) is 0 Å². The van der Waals surface area contributed by atoms with Gasteiger partial charge in [-0.3, -0.25) is 0 Å². The zero-order chi connectivity index (χ0) is 5.91. The first-order valence-corrected chi connectivity index (χ1v) is 2.47. The van der Waals surface area contributed by atoms with E-state index in [1.165, 1.54) is 0 Å². The molecule has 4 radical (unpaired) electrons. The molecule has 0 aliphatic carbocycles. The van der Waals surface area contributed by atoms with Gasteiger partial charge in [0.25, 0.3) is 0 Å². The van der Waals surface area contributed by atoms with Crippen molar-refractivity contribution in [3.05, 3.63) is 0 Å². The molecule has 1 N–H and O–H groups in total. The number of likely N-dealkylation sites (N-methyl/N-ethyl adjacent to an activating group) is 1. The number of aliphatic hydroxyl groups excluding tert-OH is 1. The van der Waals surface area contributed by atoms with E-state index in [4.69, 9.17) is 5.11 Å². The van der Waals surface area contributed by atoms with Crippen LogP contribution in [-0.2, 0) is 0 Å². The average Bonchev–Trinajstić information content (AvgIpc) is 1.30. The van der Waals surface area contributed by atoms with Crippen molar-refractivity contribution in [2.45, 2.75) is 0 Å². The monoisotopic (exact) mass is 184 g/mol. The van der Waals surface area contributed by atoms with Crippen LogP contribution in [0, 0.1) is 0 Å². The van der Waals surface area contributed by atoms with Crippen molar-refractivity contribution in [1.29, 1.82) is 0 Å². The van der Waals surface area contributed by atoms with Crippen LogP contribution < -0.4 is 0 Å². The molecule has 0 aliphatic rings. The first-order chi connectivity index (χ1) is 3.06. The van der Waals surface area contributed by atoms with Gasteiger partial charge in [-0.2, -0.15) is 0 Å². The van der Waals surface area contributed by atoms with E-state index in [0.717, 1.165) is 11.0 Å². The molecule has 0 rings (SSSR count). The third-order valence-corrected chi connectivity index (χ3v) is 0.771. The second kappa shape index (κ2) is 4.33. The van der Waals surface area contributed by atoms with Crippen molar-refractivity contribution in [1.82, 2.24) is 0 Å². The molecule has 0 unspecified atom stereocenters. The smallest absolute Gasteiger partial charge is 0.391 e. The average molecular weight is 183 g/mol. The largest absolute Gasteiger partial charge is 2.00 e. The molecule has 0 aromatic carbocycles. The summed E-state index contributed by atoms with van der Waals surface area (Å²) in [5.41, 5.74) is 0. The molecule has 0 saturated heterocycles. The van der Waals surface area contributed by atoms with Gasteiger partial charge in [0.05, 0.1) is 27.7 Å². The Morgan fingerprint density at radius 3 is 1.62 bits per heavy atom. The minimum atomic E-state index is 0. The number of hydrogen-bond donors (Lipinski definition) is 1. The molecular formula is C5H14NOSe+3. The molecule has 3 heteroatoms. The molecule has 0 fully saturated rings. The van der Waals surface area contributed by atoms with Gasteiger partial charge < -0.3 is 9.59 Å². The predicted octanol–water partition coefficient (Wildman–Crippen LogP) is -0.696. The Balaban J connectivity index is 0. The van der Waals surface area contributed by atoms with Crippen molar-refractivity contribution in [2.24, 2.45) is 0 Å². The molecule has 0 spiro atoms. The predicted molar refractivity (Wildman–Crippen MR) is 35.7 cm³/mol. The first-order valence-electron chi connectivity index (χ1n) is 2.47. The SMILES string of the molecule is C[N+](C)(C)CCO.[Se+2]. The molecule has 0 atom stereocenters. The van der Waals surface area contributed by atoms with Crippen LogP contribution in [0.15, 0.2) is 0 Å². The van der Waals surface area contributed by atoms with Gasteiger partial charge in [-0.15, -0.1) is 0 Å². The van der Waals surface area contributed by atoms with Gasteiger partial charge in [0.1, 0.15) is 6.54 Å². The van der Waals surface area contributed by atoms with Gasteiger partial charge in [0.2, 0.25) is 0 Å². The first kappa shape index (κ1) is 11.3. The fourth-order valence-corrected chi connectivity index (χ4v) is 0.300. The number of nitrogens with zero attached hydrogens (tertiary/aromatic N) is 1. The second-order valence-electron chi connectivity index (χ2n) is 2.74. The zero-order valence-corrected chi connectivity index (χ0v) is 7.43. The van der Waals surface area contributed by atoms with Crippen LogP contribution in [0.3, 0.4) is 0 Å². The van der Waals surface area contributed by atoms with E-state index in [2.05, 4.69) is 21.1 Å². The summed E-state index contributed by atoms with van der Waals surface area (Å²) < 4.78 is 0.844. The van der Waals surface area contributed by atoms with Crippen LogP contribution in [0.5, 0.6) is 0 Å². The quantitative estimate of drug-likeness (QED) is 0.443. The van der Waals surface area contributed by atoms with Gasteiger partial charge in [-0.25, -0.2) is 0 Å². The van der Waals surface area contributed by atoms with Crippen molar-refractivity contribution in [3.63, 3.8) is 0 Å². The number of aliphatic hydroxyl groups is 1. The molecule has 0 saturated carbocycles. The van der Waals surface area contributed by atoms with Crippen LogP contribution >= 0.6 is 0 Å². The van der Waals surface area contributed by atoms with Crippen LogP contribution in [-0.4, -0.2) is 61.0 Å². The summed E-state index contributed by atoms with van der Waals surface area (Å²) in [6.07, 6.45) is 0. The Labute approximate surface area is 61.6 Å². The minimum Gasteiger partial charge on any atom is -0.391 e. The number of rotatable bonds is 2. The summed E-state index contributed by atoms with van der Waals surface area (Å²) in [7, 11) is 6.16. The zero-order valence-electron chi connectivity index (χ0n) is 5.72. The molecule has 0 heterocycles. The van der Waals surface area contributed by atoms with Gasteiger partial charge >= 0.3 is 17.1 Å². The van der Waals surface area contributed by atoms with E-state index >= 15 is 0 Å². The minimum absolute atomic E-state index is 0. The Morgan fingerprint density at radius 1 is 1.25 bits per heavy atom. The fraction of sp³-hybridized carbons (Fsp3) is 1.00. The molecule has 2 nitrogen and oxygen atoms in total. The van der Waals surface area contributed by atoms with Crippen molar-refractivity contribution in [2.75, 3.05) is 34.3 Å². The standard InChI is InChI=1S/C5H14NO.Se/c1-6(2,3)4-5-7;/h7H,4-5H2,1-3H3;/q+1;+2. The van der Waals surface area contributed by atoms with E-state index in [0.29, 0.717) is 0 Å². The normalized spacial score (nSPS) is 10.5. The van der Waals surface area contributed by atoms with E-state index in [1.54, 1.807) is 0 Å². The summed E-state index contributed by atoms with van der Waals surface area (Å²) in [6, 6.07) is 0. The van der Waals surface area contributed by atoms with Crippen molar-refractivity contribution in [3.8, 4) is 0 Å². The molecule has 0 aromatic heterocycles. The van der Waals surface area contributed by atoms with Gasteiger partial charge in [-0.05, 0) is 0 Å². The molecular weight excluding hydrogens is 169 g/mol. The number of quaternary nitrogens is 1. The third kappa shape index (κ3) is 9.67. The fourth-order valence-electron chi connectivity index (χ4n) is 0.300. The third-order valence-electron chi connectivity index (χ3n) is 0.771. The van der Waals surface area contributed by atoms with E-state index in [1.807, 2.05) is 0 Å². The van der Waals surface area contributed by atoms with Gasteiger partial charge in [-0.1, -0.05) is 0 Å². The van der Waals surface area contributed by atoms with Crippen molar-refractivity contribution >= 4 is 17.1 Å². The Bertz CT molecular complexity index is 50.9. The Kier molecular flexibility index (Phi) is 6.10. The van der Waals surface area contributed by atoms with Crippen LogP contribution in [0.25, 0.3) is 0 Å². The second-order valence-corrected chi connectivity index (χ2v) is 2.74. The maximum Gasteiger partial charge on any atom is 2.00 e.